The van der Waals surface area contributed by atoms with E-state index in [1.807, 2.05) is 64.6 Å². The van der Waals surface area contributed by atoms with Crippen molar-refractivity contribution in [2.75, 3.05) is 7.11 Å². The molecule has 2 aliphatic heterocycles. The number of imidazole rings is 1. The van der Waals surface area contributed by atoms with Gasteiger partial charge < -0.3 is 29.2 Å². The third kappa shape index (κ3) is 4.70. The maximum absolute atomic E-state index is 14.0. The lowest BCUT2D eigenvalue weighted by Gasteiger charge is -2.36. The third-order valence-corrected chi connectivity index (χ3v) is 9.10. The van der Waals surface area contributed by atoms with E-state index >= 15 is 0 Å². The molecule has 1 aromatic heterocycles. The van der Waals surface area contributed by atoms with Crippen LogP contribution in [0.2, 0.25) is 0 Å². The Morgan fingerprint density at radius 2 is 1.84 bits per heavy atom. The van der Waals surface area contributed by atoms with Crippen LogP contribution < -0.4 is 10.8 Å². The van der Waals surface area contributed by atoms with Crippen molar-refractivity contribution in [2.45, 2.75) is 103 Å². The normalized spacial score (nSPS) is 27.0. The Labute approximate surface area is 225 Å². The molecule has 2 saturated heterocycles. The van der Waals surface area contributed by atoms with Gasteiger partial charge in [-0.25, -0.2) is 9.78 Å². The number of aromatic nitrogens is 2. The third-order valence-electron chi connectivity index (χ3n) is 9.10. The molecule has 3 fully saturated rings. The van der Waals surface area contributed by atoms with Crippen LogP contribution in [0.1, 0.15) is 85.5 Å². The van der Waals surface area contributed by atoms with Gasteiger partial charge in [0.2, 0.25) is 5.91 Å². The second-order valence-corrected chi connectivity index (χ2v) is 12.5. The first kappa shape index (κ1) is 27.0. The highest BCUT2D eigenvalue weighted by Crippen LogP contribution is 2.46. The molecule has 9 nitrogen and oxygen atoms in total. The van der Waals surface area contributed by atoms with Gasteiger partial charge in [-0.3, -0.25) is 4.79 Å². The Balaban J connectivity index is 1.46. The maximum Gasteiger partial charge on any atom is 0.494 e. The van der Waals surface area contributed by atoms with Crippen LogP contribution >= 0.6 is 0 Å². The summed E-state index contributed by atoms with van der Waals surface area (Å²) in [5, 5.41) is 2.78. The smallest absolute Gasteiger partial charge is 0.453 e. The summed E-state index contributed by atoms with van der Waals surface area (Å²) in [6.07, 6.45) is 4.64. The maximum atomic E-state index is 14.0. The number of carbonyl (C=O) groups is 2. The van der Waals surface area contributed by atoms with Crippen LogP contribution in [0.15, 0.2) is 18.2 Å². The SMILES string of the molecule is COC(=O)N[C@H](C(=O)N1[C@H](c2nc3cc(B4OC(C)(C)C(C)(C)O4)ccc3[nH]2)C[C@@H]2CCCC[C@@H]21)C(C)C. The summed E-state index contributed by atoms with van der Waals surface area (Å²) in [6.45, 7) is 12.1. The number of aromatic amines is 1. The molecule has 10 heteroatoms. The predicted octanol–water partition coefficient (Wildman–Crippen LogP) is 4.07. The lowest BCUT2D eigenvalue weighted by molar-refractivity contribution is -0.138. The van der Waals surface area contributed by atoms with E-state index in [2.05, 4.69) is 10.3 Å². The van der Waals surface area contributed by atoms with E-state index in [1.54, 1.807) is 0 Å². The van der Waals surface area contributed by atoms with Gasteiger partial charge >= 0.3 is 13.2 Å². The number of hydrogen-bond donors (Lipinski definition) is 2. The molecule has 0 unspecified atom stereocenters. The van der Waals surface area contributed by atoms with Crippen LogP contribution in [0, 0.1) is 11.8 Å². The lowest BCUT2D eigenvalue weighted by atomic mass is 9.79. The molecular weight excluding hydrogens is 483 g/mol. The molecule has 0 radical (unpaired) electrons. The number of rotatable bonds is 5. The Kier molecular flexibility index (Phi) is 7.01. The van der Waals surface area contributed by atoms with Crippen molar-refractivity contribution < 1.29 is 23.6 Å². The van der Waals surface area contributed by atoms with Crippen LogP contribution in [-0.4, -0.2) is 64.4 Å². The molecule has 4 atom stereocenters. The molecule has 1 aliphatic carbocycles. The fourth-order valence-corrected chi connectivity index (χ4v) is 6.21. The molecule has 1 aromatic carbocycles. The number of H-pyrrole nitrogens is 1. The fourth-order valence-electron chi connectivity index (χ4n) is 6.21. The second-order valence-electron chi connectivity index (χ2n) is 12.5. The van der Waals surface area contributed by atoms with Gasteiger partial charge in [0.05, 0.1) is 35.4 Å². The van der Waals surface area contributed by atoms with Crippen LogP contribution in [0.4, 0.5) is 4.79 Å². The van der Waals surface area contributed by atoms with Crippen molar-refractivity contribution in [3.63, 3.8) is 0 Å². The quantitative estimate of drug-likeness (QED) is 0.572. The number of nitrogens with one attached hydrogen (secondary N) is 2. The average Bonchev–Trinajstić information content (AvgIpc) is 3.52. The molecule has 2 amide bonds. The number of ether oxygens (including phenoxy) is 1. The van der Waals surface area contributed by atoms with E-state index in [0.717, 1.165) is 48.0 Å². The lowest BCUT2D eigenvalue weighted by Crippen LogP contribution is -2.53. The molecule has 5 rings (SSSR count). The molecule has 2 N–H and O–H groups in total. The van der Waals surface area contributed by atoms with Gasteiger partial charge in [-0.1, -0.05) is 32.8 Å². The van der Waals surface area contributed by atoms with E-state index in [4.69, 9.17) is 19.0 Å². The molecule has 206 valence electrons. The minimum Gasteiger partial charge on any atom is -0.453 e. The van der Waals surface area contributed by atoms with Gasteiger partial charge in [0, 0.05) is 6.04 Å². The number of hydrogen-bond acceptors (Lipinski definition) is 6. The zero-order chi connectivity index (χ0) is 27.4. The molecular formula is C28H41BN4O5. The molecule has 1 saturated carbocycles. The van der Waals surface area contributed by atoms with Crippen LogP contribution in [0.5, 0.6) is 0 Å². The van der Waals surface area contributed by atoms with Crippen molar-refractivity contribution >= 4 is 35.6 Å². The van der Waals surface area contributed by atoms with Gasteiger partial charge in [0.1, 0.15) is 11.9 Å². The first-order valence-corrected chi connectivity index (χ1v) is 13.9. The average molecular weight is 524 g/mol. The molecule has 3 heterocycles. The summed E-state index contributed by atoms with van der Waals surface area (Å²) in [4.78, 5) is 36.6. The predicted molar refractivity (Wildman–Crippen MR) is 146 cm³/mol. The second kappa shape index (κ2) is 9.86. The van der Waals surface area contributed by atoms with Crippen LogP contribution in [0.3, 0.4) is 0 Å². The number of fused-ring (bicyclic) bond motifs is 2. The molecule has 2 aromatic rings. The van der Waals surface area contributed by atoms with Crippen molar-refractivity contribution in [3.05, 3.63) is 24.0 Å². The van der Waals surface area contributed by atoms with E-state index in [0.29, 0.717) is 5.92 Å². The van der Waals surface area contributed by atoms with Crippen molar-refractivity contribution in [2.24, 2.45) is 11.8 Å². The monoisotopic (exact) mass is 524 g/mol. The van der Waals surface area contributed by atoms with Crippen LogP contribution in [-0.2, 0) is 18.8 Å². The largest absolute Gasteiger partial charge is 0.494 e. The highest BCUT2D eigenvalue weighted by atomic mass is 16.7. The van der Waals surface area contributed by atoms with Gasteiger partial charge in [-0.15, -0.1) is 0 Å². The minimum atomic E-state index is -0.662. The van der Waals surface area contributed by atoms with Crippen molar-refractivity contribution in [1.29, 1.82) is 0 Å². The Morgan fingerprint density at radius 3 is 2.50 bits per heavy atom. The Morgan fingerprint density at radius 1 is 1.16 bits per heavy atom. The molecule has 0 spiro atoms. The van der Waals surface area contributed by atoms with E-state index in [-0.39, 0.29) is 23.9 Å². The van der Waals surface area contributed by atoms with Crippen molar-refractivity contribution in [1.82, 2.24) is 20.2 Å². The summed E-state index contributed by atoms with van der Waals surface area (Å²) in [7, 11) is 0.854. The summed E-state index contributed by atoms with van der Waals surface area (Å²) < 4.78 is 17.3. The first-order valence-electron chi connectivity index (χ1n) is 13.9. The van der Waals surface area contributed by atoms with Gasteiger partial charge in [-0.05, 0) is 76.4 Å². The number of nitrogens with zero attached hydrogens (tertiary/aromatic N) is 2. The van der Waals surface area contributed by atoms with Gasteiger partial charge in [0.25, 0.3) is 0 Å². The Bertz CT molecular complexity index is 1200. The Hall–Kier alpha value is -2.59. The summed E-state index contributed by atoms with van der Waals surface area (Å²) >= 11 is 0. The highest BCUT2D eigenvalue weighted by Gasteiger charge is 2.52. The van der Waals surface area contributed by atoms with E-state index in [1.165, 1.54) is 13.5 Å². The minimum absolute atomic E-state index is 0.0665. The summed E-state index contributed by atoms with van der Waals surface area (Å²) in [5.41, 5.74) is 1.81. The number of alkyl carbamates (subject to hydrolysis) is 1. The highest BCUT2D eigenvalue weighted by molar-refractivity contribution is 6.62. The van der Waals surface area contributed by atoms with E-state index in [9.17, 15) is 9.59 Å². The zero-order valence-corrected chi connectivity index (χ0v) is 23.7. The zero-order valence-electron chi connectivity index (χ0n) is 23.7. The first-order chi connectivity index (χ1) is 17.9. The topological polar surface area (TPSA) is 106 Å². The number of methoxy groups -OCH3 is 1. The molecule has 0 bridgehead atoms. The number of likely N-dealkylation sites (tertiary alicyclic amines) is 1. The van der Waals surface area contributed by atoms with E-state index < -0.39 is 30.5 Å². The van der Waals surface area contributed by atoms with Gasteiger partial charge in [0.15, 0.2) is 0 Å². The summed E-state index contributed by atoms with van der Waals surface area (Å²) in [6, 6.07) is 5.35. The molecule has 38 heavy (non-hydrogen) atoms. The van der Waals surface area contributed by atoms with Crippen molar-refractivity contribution in [3.8, 4) is 0 Å². The fraction of sp³-hybridized carbons (Fsp3) is 0.679. The number of carbonyl (C=O) groups excluding carboxylic acids is 2. The standard InChI is InChI=1S/C28H41BN4O5/c1-16(2)23(32-26(35)36-7)25(34)33-21-11-9-8-10-17(21)14-22(33)24-30-19-13-12-18(15-20(19)31-24)29-37-27(3,4)28(5,6)38-29/h12-13,15-17,21-23H,8-11,14H2,1-7H3,(H,30,31)(H,32,35)/t17-,21-,22-,23-/m0/s1. The van der Waals surface area contributed by atoms with Gasteiger partial charge in [-0.2, -0.15) is 0 Å². The summed E-state index contributed by atoms with van der Waals surface area (Å²) in [5.74, 6) is 1.07. The number of benzene rings is 1. The number of amides is 2. The van der Waals surface area contributed by atoms with Crippen LogP contribution in [0.25, 0.3) is 11.0 Å². The molecule has 3 aliphatic rings.